The summed E-state index contributed by atoms with van der Waals surface area (Å²) in [5.74, 6) is -0.670. The summed E-state index contributed by atoms with van der Waals surface area (Å²) in [4.78, 5) is 34.9. The molecule has 4 N–H and O–H groups in total. The lowest BCUT2D eigenvalue weighted by Crippen LogP contribution is -2.24. The minimum Gasteiger partial charge on any atom is -0.477 e. The number of benzene rings is 1. The van der Waals surface area contributed by atoms with Crippen molar-refractivity contribution in [3.63, 3.8) is 0 Å². The van der Waals surface area contributed by atoms with Gasteiger partial charge in [0.15, 0.2) is 0 Å². The van der Waals surface area contributed by atoms with Crippen LogP contribution in [-0.4, -0.2) is 34.1 Å². The smallest absolute Gasteiger partial charge is 0.352 e. The van der Waals surface area contributed by atoms with Gasteiger partial charge < -0.3 is 15.4 Å². The number of carbonyl (C=O) groups is 1. The molecule has 7 nitrogen and oxygen atoms in total. The lowest BCUT2D eigenvalue weighted by atomic mass is 9.96. The molecular formula is C16H19N3O4. The minimum atomic E-state index is -1.34. The van der Waals surface area contributed by atoms with E-state index in [2.05, 4.69) is 36.5 Å². The lowest BCUT2D eigenvalue weighted by Gasteiger charge is -2.10. The van der Waals surface area contributed by atoms with Crippen molar-refractivity contribution in [2.75, 3.05) is 13.1 Å². The quantitative estimate of drug-likeness (QED) is 0.618. The van der Waals surface area contributed by atoms with Crippen LogP contribution in [0.3, 0.4) is 0 Å². The first-order valence-corrected chi connectivity index (χ1v) is 7.33. The molecule has 0 saturated heterocycles. The second-order valence-electron chi connectivity index (χ2n) is 5.36. The molecule has 1 atom stereocenters. The fourth-order valence-electron chi connectivity index (χ4n) is 2.48. The monoisotopic (exact) mass is 317 g/mol. The fourth-order valence-corrected chi connectivity index (χ4v) is 2.48. The molecule has 0 fully saturated rings. The Hall–Kier alpha value is -2.67. The number of carboxylic acid groups (broad SMARTS) is 1. The van der Waals surface area contributed by atoms with Gasteiger partial charge in [-0.25, -0.2) is 9.59 Å². The number of hydrogen-bond donors (Lipinski definition) is 4. The summed E-state index contributed by atoms with van der Waals surface area (Å²) in [6.07, 6.45) is 1.18. The van der Waals surface area contributed by atoms with Crippen LogP contribution in [0.4, 0.5) is 0 Å². The summed E-state index contributed by atoms with van der Waals surface area (Å²) in [6, 6.07) is 9.58. The first kappa shape index (κ1) is 16.7. The highest BCUT2D eigenvalue weighted by Gasteiger charge is 2.12. The maximum absolute atomic E-state index is 10.5. The molecule has 1 aromatic heterocycles. The number of nitrogens with one attached hydrogen (secondary N) is 3. The molecule has 0 amide bonds. The van der Waals surface area contributed by atoms with Gasteiger partial charge in [0.2, 0.25) is 0 Å². The third kappa shape index (κ3) is 4.65. The molecule has 7 heteroatoms. The van der Waals surface area contributed by atoms with Crippen LogP contribution in [0, 0.1) is 0 Å². The number of carboxylic acids is 1. The van der Waals surface area contributed by atoms with E-state index in [1.807, 2.05) is 9.97 Å². The van der Waals surface area contributed by atoms with E-state index < -0.39 is 22.9 Å². The van der Waals surface area contributed by atoms with E-state index in [9.17, 15) is 14.4 Å². The van der Waals surface area contributed by atoms with E-state index in [0.29, 0.717) is 5.92 Å². The summed E-state index contributed by atoms with van der Waals surface area (Å²) in [5.41, 5.74) is 1.08. The van der Waals surface area contributed by atoms with Gasteiger partial charge in [-0.1, -0.05) is 31.2 Å². The van der Waals surface area contributed by atoms with Crippen LogP contribution in [0.15, 0.2) is 39.9 Å². The van der Waals surface area contributed by atoms with E-state index in [0.717, 1.165) is 19.2 Å². The summed E-state index contributed by atoms with van der Waals surface area (Å²) >= 11 is 0. The van der Waals surface area contributed by atoms with Crippen molar-refractivity contribution in [2.45, 2.75) is 19.3 Å². The van der Waals surface area contributed by atoms with Crippen LogP contribution < -0.4 is 16.6 Å². The first-order valence-electron chi connectivity index (χ1n) is 7.33. The maximum atomic E-state index is 10.5. The molecule has 1 aliphatic rings. The van der Waals surface area contributed by atoms with Gasteiger partial charge in [0.1, 0.15) is 5.69 Å². The molecule has 2 aromatic rings. The van der Waals surface area contributed by atoms with Gasteiger partial charge in [-0.05, 0) is 30.0 Å². The highest BCUT2D eigenvalue weighted by Crippen LogP contribution is 2.21. The normalized spacial score (nSPS) is 16.5. The molecule has 0 spiro atoms. The Bertz CT molecular complexity index is 766. The van der Waals surface area contributed by atoms with Crippen molar-refractivity contribution in [3.8, 4) is 0 Å². The van der Waals surface area contributed by atoms with Gasteiger partial charge >= 0.3 is 11.7 Å². The van der Waals surface area contributed by atoms with Gasteiger partial charge in [0.25, 0.3) is 5.56 Å². The molecule has 3 rings (SSSR count). The molecule has 122 valence electrons. The van der Waals surface area contributed by atoms with Crippen LogP contribution in [0.5, 0.6) is 0 Å². The molecule has 0 aliphatic carbocycles. The Morgan fingerprint density at radius 1 is 1.22 bits per heavy atom. The lowest BCUT2D eigenvalue weighted by molar-refractivity contribution is 0.0689. The van der Waals surface area contributed by atoms with Crippen molar-refractivity contribution in [2.24, 2.45) is 0 Å². The first-order chi connectivity index (χ1) is 11.0. The summed E-state index contributed by atoms with van der Waals surface area (Å²) in [6.45, 7) is 4.54. The summed E-state index contributed by atoms with van der Waals surface area (Å²) < 4.78 is 0. The number of aromatic amines is 2. The van der Waals surface area contributed by atoms with Crippen molar-refractivity contribution in [1.82, 2.24) is 15.3 Å². The number of aromatic carboxylic acids is 1. The van der Waals surface area contributed by atoms with Crippen molar-refractivity contribution in [1.29, 1.82) is 0 Å². The molecule has 1 aliphatic heterocycles. The molecule has 23 heavy (non-hydrogen) atoms. The molecule has 0 radical (unpaired) electrons. The molecular weight excluding hydrogens is 298 g/mol. The zero-order chi connectivity index (χ0) is 16.8. The van der Waals surface area contributed by atoms with Gasteiger partial charge in [-0.15, -0.1) is 0 Å². The predicted molar refractivity (Wildman–Crippen MR) is 86.1 cm³/mol. The van der Waals surface area contributed by atoms with Crippen molar-refractivity contribution in [3.05, 3.63) is 68.0 Å². The van der Waals surface area contributed by atoms with E-state index in [1.54, 1.807) is 0 Å². The second kappa shape index (κ2) is 7.55. The van der Waals surface area contributed by atoms with E-state index in [1.165, 1.54) is 17.5 Å². The Labute approximate surface area is 132 Å². The largest absolute Gasteiger partial charge is 0.477 e. The third-order valence-electron chi connectivity index (χ3n) is 3.60. The average molecular weight is 317 g/mol. The second-order valence-corrected chi connectivity index (χ2v) is 5.36. The van der Waals surface area contributed by atoms with Crippen LogP contribution >= 0.6 is 0 Å². The number of rotatable bonds is 1. The Morgan fingerprint density at radius 3 is 2.65 bits per heavy atom. The van der Waals surface area contributed by atoms with Crippen molar-refractivity contribution >= 4 is 5.97 Å². The number of fused-ring (bicyclic) bond motifs is 1. The molecule has 2 heterocycles. The van der Waals surface area contributed by atoms with Crippen LogP contribution in [-0.2, 0) is 6.42 Å². The maximum Gasteiger partial charge on any atom is 0.352 e. The van der Waals surface area contributed by atoms with Gasteiger partial charge in [-0.2, -0.15) is 0 Å². The number of hydrogen-bond acceptors (Lipinski definition) is 4. The summed E-state index contributed by atoms with van der Waals surface area (Å²) in [5, 5.41) is 11.8. The zero-order valence-corrected chi connectivity index (χ0v) is 12.8. The minimum absolute atomic E-state index is 0.418. The van der Waals surface area contributed by atoms with Gasteiger partial charge in [0, 0.05) is 12.6 Å². The van der Waals surface area contributed by atoms with Crippen LogP contribution in [0.2, 0.25) is 0 Å². The molecule has 1 aromatic carbocycles. The Morgan fingerprint density at radius 2 is 1.96 bits per heavy atom. The molecule has 0 saturated carbocycles. The average Bonchev–Trinajstić information content (AvgIpc) is 2.69. The topological polar surface area (TPSA) is 115 Å². The van der Waals surface area contributed by atoms with Crippen molar-refractivity contribution < 1.29 is 9.90 Å². The molecule has 0 bridgehead atoms. The Kier molecular flexibility index (Phi) is 5.48. The fraction of sp³-hybridized carbons (Fsp3) is 0.312. The zero-order valence-electron chi connectivity index (χ0n) is 12.8. The SMILES string of the molecule is CC1CNCCc2ccccc21.O=C(O)c1cc(=O)[nH]c(=O)[nH]1. The van der Waals surface area contributed by atoms with Crippen LogP contribution in [0.25, 0.3) is 0 Å². The standard InChI is InChI=1S/C11H15N.C5H4N2O4/c1-9-8-12-7-6-10-4-2-3-5-11(9)10;8-3-1-2(4(9)10)6-5(11)7-3/h2-5,9,12H,6-8H2,1H3;1H,(H,9,10)(H2,6,7,8,11). The highest BCUT2D eigenvalue weighted by atomic mass is 16.4. The third-order valence-corrected chi connectivity index (χ3v) is 3.60. The van der Waals surface area contributed by atoms with Crippen LogP contribution in [0.1, 0.15) is 34.5 Å². The van der Waals surface area contributed by atoms with E-state index in [4.69, 9.17) is 5.11 Å². The van der Waals surface area contributed by atoms with E-state index in [-0.39, 0.29) is 0 Å². The Balaban J connectivity index is 0.000000168. The highest BCUT2D eigenvalue weighted by molar-refractivity contribution is 5.84. The summed E-state index contributed by atoms with van der Waals surface area (Å²) in [7, 11) is 0. The van der Waals surface area contributed by atoms with Gasteiger partial charge in [0.05, 0.1) is 0 Å². The predicted octanol–water partition coefficient (Wildman–Crippen LogP) is 0.697. The van der Waals surface area contributed by atoms with Gasteiger partial charge in [-0.3, -0.25) is 9.78 Å². The van der Waals surface area contributed by atoms with E-state index >= 15 is 0 Å². The molecule has 1 unspecified atom stereocenters. The number of aromatic nitrogens is 2. The number of H-pyrrole nitrogens is 2.